The number of halogens is 3. The summed E-state index contributed by atoms with van der Waals surface area (Å²) in [5.74, 6) is 0.883. The Morgan fingerprint density at radius 1 is 1.19 bits per heavy atom. The van der Waals surface area contributed by atoms with E-state index in [1.807, 2.05) is 35.8 Å². The van der Waals surface area contributed by atoms with Crippen LogP contribution in [0.25, 0.3) is 11.4 Å². The molecule has 1 aromatic heterocycles. The number of thioether (sulfide) groups is 1. The summed E-state index contributed by atoms with van der Waals surface area (Å²) in [6.07, 6.45) is 0. The van der Waals surface area contributed by atoms with Gasteiger partial charge in [-0.1, -0.05) is 51.4 Å². The van der Waals surface area contributed by atoms with Gasteiger partial charge in [0.05, 0.1) is 10.8 Å². The zero-order chi connectivity index (χ0) is 19.4. The van der Waals surface area contributed by atoms with Crippen LogP contribution in [0.5, 0.6) is 0 Å². The van der Waals surface area contributed by atoms with Gasteiger partial charge in [0.15, 0.2) is 11.0 Å². The van der Waals surface area contributed by atoms with Crippen molar-refractivity contribution in [3.8, 4) is 11.4 Å². The van der Waals surface area contributed by atoms with Crippen LogP contribution in [0.2, 0.25) is 5.02 Å². The minimum absolute atomic E-state index is 0.130. The van der Waals surface area contributed by atoms with Crippen molar-refractivity contribution in [3.63, 3.8) is 0 Å². The molecule has 5 nitrogen and oxygen atoms in total. The predicted octanol–water partition coefficient (Wildman–Crippen LogP) is 5.87. The average Bonchev–Trinajstić information content (AvgIpc) is 3.06. The number of anilines is 1. The Bertz CT molecular complexity index is 962. The van der Waals surface area contributed by atoms with Gasteiger partial charge < -0.3 is 9.88 Å². The summed E-state index contributed by atoms with van der Waals surface area (Å²) in [4.78, 5) is 12.2. The van der Waals surface area contributed by atoms with Crippen LogP contribution in [0, 0.1) is 0 Å². The molecule has 27 heavy (non-hydrogen) atoms. The maximum Gasteiger partial charge on any atom is 0.234 e. The topological polar surface area (TPSA) is 59.8 Å². The van der Waals surface area contributed by atoms with Crippen LogP contribution in [-0.2, 0) is 11.3 Å². The maximum absolute atomic E-state index is 12.2. The summed E-state index contributed by atoms with van der Waals surface area (Å²) in [5, 5.41) is 12.6. The van der Waals surface area contributed by atoms with Crippen LogP contribution in [0.15, 0.2) is 56.6 Å². The van der Waals surface area contributed by atoms with Crippen molar-refractivity contribution in [1.29, 1.82) is 0 Å². The zero-order valence-electron chi connectivity index (χ0n) is 14.2. The van der Waals surface area contributed by atoms with E-state index in [9.17, 15) is 4.79 Å². The van der Waals surface area contributed by atoms with E-state index in [-0.39, 0.29) is 11.7 Å². The van der Waals surface area contributed by atoms with Crippen LogP contribution in [0.1, 0.15) is 6.92 Å². The number of nitrogens with one attached hydrogen (secondary N) is 1. The number of benzene rings is 2. The first-order valence-corrected chi connectivity index (χ1v) is 11.0. The number of amides is 1. The molecule has 0 bridgehead atoms. The van der Waals surface area contributed by atoms with Crippen LogP contribution in [0.4, 0.5) is 5.69 Å². The highest BCUT2D eigenvalue weighted by molar-refractivity contribution is 9.10. The number of nitrogens with zero attached hydrogens (tertiary/aromatic N) is 3. The normalized spacial score (nSPS) is 10.8. The third-order valence-corrected chi connectivity index (χ3v) is 6.40. The van der Waals surface area contributed by atoms with E-state index >= 15 is 0 Å². The summed E-state index contributed by atoms with van der Waals surface area (Å²) >= 11 is 14.2. The molecule has 9 heteroatoms. The van der Waals surface area contributed by atoms with Crippen LogP contribution in [-0.4, -0.2) is 26.4 Å². The fraction of sp³-hybridized carbons (Fsp3) is 0.167. The monoisotopic (exact) mass is 528 g/mol. The average molecular weight is 531 g/mol. The third-order valence-electron chi connectivity index (χ3n) is 3.67. The molecule has 0 saturated heterocycles. The second-order valence-corrected chi connectivity index (χ2v) is 8.64. The Morgan fingerprint density at radius 3 is 2.59 bits per heavy atom. The maximum atomic E-state index is 12.2. The van der Waals surface area contributed by atoms with Crippen molar-refractivity contribution in [2.75, 3.05) is 11.1 Å². The van der Waals surface area contributed by atoms with Gasteiger partial charge in [-0.15, -0.1) is 10.2 Å². The number of aromatic nitrogens is 3. The molecule has 0 aliphatic rings. The van der Waals surface area contributed by atoms with E-state index in [1.54, 1.807) is 18.2 Å². The standard InChI is InChI=1S/C18H15Br2ClN4OS/c1-2-25-17(11-3-5-12(19)6-4-11)23-24-18(25)27-10-16(26)22-13-7-8-14(20)15(21)9-13/h3-9H,2,10H2,1H3,(H,22,26). The minimum Gasteiger partial charge on any atom is -0.325 e. The molecule has 0 aliphatic heterocycles. The third kappa shape index (κ3) is 5.13. The van der Waals surface area contributed by atoms with Gasteiger partial charge in [-0.2, -0.15) is 0 Å². The van der Waals surface area contributed by atoms with E-state index in [0.29, 0.717) is 22.4 Å². The van der Waals surface area contributed by atoms with Crippen LogP contribution in [0.3, 0.4) is 0 Å². The summed E-state index contributed by atoms with van der Waals surface area (Å²) in [6.45, 7) is 2.74. The zero-order valence-corrected chi connectivity index (χ0v) is 19.0. The second-order valence-electron chi connectivity index (χ2n) is 5.52. The van der Waals surface area contributed by atoms with Crippen LogP contribution >= 0.6 is 55.2 Å². The highest BCUT2D eigenvalue weighted by Crippen LogP contribution is 2.27. The molecule has 0 fully saturated rings. The molecule has 1 heterocycles. The van der Waals surface area contributed by atoms with Crippen molar-refractivity contribution in [1.82, 2.24) is 14.8 Å². The Hall–Kier alpha value is -1.35. The van der Waals surface area contributed by atoms with Gasteiger partial charge in [0.25, 0.3) is 0 Å². The highest BCUT2D eigenvalue weighted by atomic mass is 79.9. The summed E-state index contributed by atoms with van der Waals surface area (Å²) < 4.78 is 3.79. The fourth-order valence-electron chi connectivity index (χ4n) is 2.39. The Morgan fingerprint density at radius 2 is 1.93 bits per heavy atom. The lowest BCUT2D eigenvalue weighted by Gasteiger charge is -2.08. The van der Waals surface area contributed by atoms with E-state index < -0.39 is 0 Å². The van der Waals surface area contributed by atoms with Gasteiger partial charge in [-0.3, -0.25) is 4.79 Å². The molecule has 0 unspecified atom stereocenters. The Kier molecular flexibility index (Phi) is 6.97. The number of carbonyl (C=O) groups is 1. The van der Waals surface area contributed by atoms with Crippen molar-refractivity contribution in [2.24, 2.45) is 0 Å². The largest absolute Gasteiger partial charge is 0.325 e. The van der Waals surface area contributed by atoms with E-state index in [0.717, 1.165) is 20.3 Å². The number of hydrogen-bond acceptors (Lipinski definition) is 4. The van der Waals surface area contributed by atoms with E-state index in [2.05, 4.69) is 47.4 Å². The van der Waals surface area contributed by atoms with Gasteiger partial charge in [0.2, 0.25) is 5.91 Å². The molecule has 1 N–H and O–H groups in total. The summed E-state index contributed by atoms with van der Waals surface area (Å²) in [6, 6.07) is 13.2. The first kappa shape index (κ1) is 20.4. The fourth-order valence-corrected chi connectivity index (χ4v) is 3.89. The number of carbonyl (C=O) groups excluding carboxylic acids is 1. The summed E-state index contributed by atoms with van der Waals surface area (Å²) in [5.41, 5.74) is 1.63. The van der Waals surface area contributed by atoms with Gasteiger partial charge in [-0.05, 0) is 53.2 Å². The minimum atomic E-state index is -0.130. The lowest BCUT2D eigenvalue weighted by atomic mass is 10.2. The molecule has 1 amide bonds. The molecule has 0 spiro atoms. The number of rotatable bonds is 6. The van der Waals surface area contributed by atoms with Crippen LogP contribution < -0.4 is 5.32 Å². The molecular weight excluding hydrogens is 516 g/mol. The van der Waals surface area contributed by atoms with Crippen molar-refractivity contribution in [3.05, 3.63) is 56.4 Å². The Balaban J connectivity index is 1.68. The first-order chi connectivity index (χ1) is 13.0. The van der Waals surface area contributed by atoms with Crippen molar-refractivity contribution >= 4 is 66.8 Å². The summed E-state index contributed by atoms with van der Waals surface area (Å²) in [7, 11) is 0. The van der Waals surface area contributed by atoms with Crippen molar-refractivity contribution < 1.29 is 4.79 Å². The molecule has 140 valence electrons. The van der Waals surface area contributed by atoms with Gasteiger partial charge in [-0.25, -0.2) is 0 Å². The lowest BCUT2D eigenvalue weighted by Crippen LogP contribution is -2.14. The predicted molar refractivity (Wildman–Crippen MR) is 117 cm³/mol. The Labute approximate surface area is 183 Å². The molecule has 0 atom stereocenters. The molecule has 0 saturated carbocycles. The smallest absolute Gasteiger partial charge is 0.234 e. The van der Waals surface area contributed by atoms with Crippen molar-refractivity contribution in [2.45, 2.75) is 18.6 Å². The van der Waals surface area contributed by atoms with E-state index in [1.165, 1.54) is 11.8 Å². The SMILES string of the molecule is CCn1c(SCC(=O)Nc2ccc(Br)c(Cl)c2)nnc1-c1ccc(Br)cc1. The molecule has 3 aromatic rings. The van der Waals surface area contributed by atoms with Gasteiger partial charge >= 0.3 is 0 Å². The van der Waals surface area contributed by atoms with Gasteiger partial charge in [0.1, 0.15) is 0 Å². The second kappa shape index (κ2) is 9.23. The molecule has 0 aliphatic carbocycles. The molecular formula is C18H15Br2ClN4OS. The molecule has 0 radical (unpaired) electrons. The first-order valence-electron chi connectivity index (χ1n) is 8.04. The van der Waals surface area contributed by atoms with Gasteiger partial charge in [0, 0.05) is 26.7 Å². The molecule has 2 aromatic carbocycles. The quantitative estimate of drug-likeness (QED) is 0.405. The highest BCUT2D eigenvalue weighted by Gasteiger charge is 2.15. The molecule has 3 rings (SSSR count). The number of hydrogen-bond donors (Lipinski definition) is 1. The lowest BCUT2D eigenvalue weighted by molar-refractivity contribution is -0.113. The van der Waals surface area contributed by atoms with E-state index in [4.69, 9.17) is 11.6 Å².